The van der Waals surface area contributed by atoms with Gasteiger partial charge in [0, 0.05) is 13.1 Å². The van der Waals surface area contributed by atoms with Crippen LogP contribution < -0.4 is 10.0 Å². The van der Waals surface area contributed by atoms with Gasteiger partial charge in [-0.3, -0.25) is 0 Å². The van der Waals surface area contributed by atoms with Gasteiger partial charge in [0.15, 0.2) is 0 Å². The highest BCUT2D eigenvalue weighted by Gasteiger charge is 2.38. The van der Waals surface area contributed by atoms with Gasteiger partial charge in [-0.1, -0.05) is 19.9 Å². The summed E-state index contributed by atoms with van der Waals surface area (Å²) in [6, 6.07) is 3.93. The largest absolute Gasteiger partial charge is 0.313 e. The van der Waals surface area contributed by atoms with E-state index < -0.39 is 15.8 Å². The van der Waals surface area contributed by atoms with Gasteiger partial charge in [-0.15, -0.1) is 0 Å². The van der Waals surface area contributed by atoms with Gasteiger partial charge >= 0.3 is 0 Å². The first-order valence-electron chi connectivity index (χ1n) is 7.35. The van der Waals surface area contributed by atoms with Crippen LogP contribution in [-0.4, -0.2) is 21.5 Å². The molecule has 0 radical (unpaired) electrons. The van der Waals surface area contributed by atoms with Crippen molar-refractivity contribution in [2.75, 3.05) is 13.1 Å². The molecule has 6 heteroatoms. The normalized spacial score (nSPS) is 16.9. The monoisotopic (exact) mass is 314 g/mol. The Bertz CT molecular complexity index is 598. The lowest BCUT2D eigenvalue weighted by Gasteiger charge is -2.14. The molecule has 0 aliphatic heterocycles. The second-order valence-electron chi connectivity index (χ2n) is 6.06. The van der Waals surface area contributed by atoms with Crippen molar-refractivity contribution in [3.8, 4) is 0 Å². The maximum Gasteiger partial charge on any atom is 0.241 e. The number of rotatable bonds is 8. The fourth-order valence-corrected chi connectivity index (χ4v) is 3.51. The van der Waals surface area contributed by atoms with Crippen molar-refractivity contribution in [3.63, 3.8) is 0 Å². The number of halogens is 1. The highest BCUT2D eigenvalue weighted by atomic mass is 32.2. The van der Waals surface area contributed by atoms with Crippen LogP contribution in [0.4, 0.5) is 4.39 Å². The molecule has 4 nitrogen and oxygen atoms in total. The fourth-order valence-electron chi connectivity index (χ4n) is 2.06. The van der Waals surface area contributed by atoms with Crippen molar-refractivity contribution in [3.05, 3.63) is 29.6 Å². The zero-order chi connectivity index (χ0) is 15.5. The van der Waals surface area contributed by atoms with E-state index >= 15 is 0 Å². The summed E-state index contributed by atoms with van der Waals surface area (Å²) < 4.78 is 40.9. The Morgan fingerprint density at radius 1 is 1.33 bits per heavy atom. The van der Waals surface area contributed by atoms with Crippen molar-refractivity contribution in [2.24, 2.45) is 5.41 Å². The molecule has 0 amide bonds. The molecule has 1 aliphatic carbocycles. The van der Waals surface area contributed by atoms with E-state index in [4.69, 9.17) is 0 Å². The number of hydrogen-bond acceptors (Lipinski definition) is 3. The van der Waals surface area contributed by atoms with E-state index in [0.29, 0.717) is 18.7 Å². The van der Waals surface area contributed by atoms with E-state index in [0.717, 1.165) is 31.9 Å². The molecular formula is C15H23FN2O2S. The van der Waals surface area contributed by atoms with E-state index in [-0.39, 0.29) is 10.3 Å². The Morgan fingerprint density at radius 3 is 2.67 bits per heavy atom. The summed E-state index contributed by atoms with van der Waals surface area (Å²) in [7, 11) is -3.67. The van der Waals surface area contributed by atoms with E-state index in [9.17, 15) is 12.8 Å². The van der Waals surface area contributed by atoms with Gasteiger partial charge in [0.25, 0.3) is 0 Å². The number of nitrogens with one attached hydrogen (secondary N) is 2. The van der Waals surface area contributed by atoms with Crippen LogP contribution in [-0.2, 0) is 16.6 Å². The standard InChI is InChI=1S/C15H23FN2O2S/c1-3-8-17-10-12-4-5-13(16)9-14(12)21(19,20)18-11-15(2)6-7-15/h4-5,9,17-18H,3,6-8,10-11H2,1-2H3. The molecule has 118 valence electrons. The van der Waals surface area contributed by atoms with Crippen LogP contribution in [0, 0.1) is 11.2 Å². The Labute approximate surface area is 126 Å². The van der Waals surface area contributed by atoms with E-state index in [2.05, 4.69) is 10.0 Å². The Morgan fingerprint density at radius 2 is 2.05 bits per heavy atom. The summed E-state index contributed by atoms with van der Waals surface area (Å²) >= 11 is 0. The zero-order valence-corrected chi connectivity index (χ0v) is 13.4. The van der Waals surface area contributed by atoms with Crippen molar-refractivity contribution < 1.29 is 12.8 Å². The van der Waals surface area contributed by atoms with Gasteiger partial charge in [-0.05, 0) is 48.9 Å². The Balaban J connectivity index is 2.16. The Kier molecular flexibility index (Phi) is 5.01. The lowest BCUT2D eigenvalue weighted by molar-refractivity contribution is 0.528. The van der Waals surface area contributed by atoms with Gasteiger partial charge in [0.2, 0.25) is 10.0 Å². The minimum atomic E-state index is -3.67. The molecule has 1 aliphatic rings. The molecule has 2 rings (SSSR count). The molecule has 1 fully saturated rings. The third-order valence-electron chi connectivity index (χ3n) is 3.85. The first kappa shape index (κ1) is 16.4. The summed E-state index contributed by atoms with van der Waals surface area (Å²) in [4.78, 5) is 0.0374. The summed E-state index contributed by atoms with van der Waals surface area (Å²) in [6.07, 6.45) is 3.02. The molecule has 0 aromatic heterocycles. The maximum absolute atomic E-state index is 13.4. The number of hydrogen-bond donors (Lipinski definition) is 2. The summed E-state index contributed by atoms with van der Waals surface area (Å²) in [5.41, 5.74) is 0.666. The van der Waals surface area contributed by atoms with Gasteiger partial charge in [-0.2, -0.15) is 0 Å². The molecule has 0 saturated heterocycles. The molecule has 1 aromatic rings. The predicted octanol–water partition coefficient (Wildman–Crippen LogP) is 2.40. The topological polar surface area (TPSA) is 58.2 Å². The minimum Gasteiger partial charge on any atom is -0.313 e. The van der Waals surface area contributed by atoms with Gasteiger partial charge in [0.1, 0.15) is 5.82 Å². The van der Waals surface area contributed by atoms with Crippen molar-refractivity contribution >= 4 is 10.0 Å². The summed E-state index contributed by atoms with van der Waals surface area (Å²) in [5.74, 6) is -0.535. The van der Waals surface area contributed by atoms with Crippen LogP contribution in [0.2, 0.25) is 0 Å². The minimum absolute atomic E-state index is 0.0374. The molecule has 1 aromatic carbocycles. The molecular weight excluding hydrogens is 291 g/mol. The summed E-state index contributed by atoms with van der Waals surface area (Å²) in [6.45, 7) is 5.70. The fraction of sp³-hybridized carbons (Fsp3) is 0.600. The molecule has 1 saturated carbocycles. The molecule has 0 bridgehead atoms. The van der Waals surface area contributed by atoms with E-state index in [1.807, 2.05) is 13.8 Å². The number of sulfonamides is 1. The van der Waals surface area contributed by atoms with Crippen molar-refractivity contribution in [2.45, 2.75) is 44.6 Å². The number of benzene rings is 1. The average molecular weight is 314 g/mol. The third-order valence-corrected chi connectivity index (χ3v) is 5.34. The molecule has 2 N–H and O–H groups in total. The first-order chi connectivity index (χ1) is 9.86. The van der Waals surface area contributed by atoms with Crippen LogP contribution in [0.25, 0.3) is 0 Å². The second kappa shape index (κ2) is 6.42. The highest BCUT2D eigenvalue weighted by molar-refractivity contribution is 7.89. The predicted molar refractivity (Wildman–Crippen MR) is 80.9 cm³/mol. The van der Waals surface area contributed by atoms with Crippen LogP contribution >= 0.6 is 0 Å². The van der Waals surface area contributed by atoms with Crippen LogP contribution in [0.15, 0.2) is 23.1 Å². The lowest BCUT2D eigenvalue weighted by Crippen LogP contribution is -2.30. The molecule has 0 heterocycles. The second-order valence-corrected chi connectivity index (χ2v) is 7.80. The van der Waals surface area contributed by atoms with Crippen molar-refractivity contribution in [1.82, 2.24) is 10.0 Å². The van der Waals surface area contributed by atoms with E-state index in [1.165, 1.54) is 12.1 Å². The highest BCUT2D eigenvalue weighted by Crippen LogP contribution is 2.44. The lowest BCUT2D eigenvalue weighted by atomic mass is 10.2. The van der Waals surface area contributed by atoms with Crippen molar-refractivity contribution in [1.29, 1.82) is 0 Å². The molecule has 0 unspecified atom stereocenters. The van der Waals surface area contributed by atoms with Crippen LogP contribution in [0.5, 0.6) is 0 Å². The third kappa shape index (κ3) is 4.49. The Hall–Kier alpha value is -0.980. The average Bonchev–Trinajstić information content (AvgIpc) is 3.17. The van der Waals surface area contributed by atoms with Gasteiger partial charge in [0.05, 0.1) is 4.90 Å². The molecule has 21 heavy (non-hydrogen) atoms. The quantitative estimate of drug-likeness (QED) is 0.725. The first-order valence-corrected chi connectivity index (χ1v) is 8.83. The van der Waals surface area contributed by atoms with Crippen LogP contribution in [0.1, 0.15) is 38.7 Å². The SMILES string of the molecule is CCCNCc1ccc(F)cc1S(=O)(=O)NCC1(C)CC1. The maximum atomic E-state index is 13.4. The van der Waals surface area contributed by atoms with Gasteiger partial charge < -0.3 is 5.32 Å². The van der Waals surface area contributed by atoms with Crippen LogP contribution in [0.3, 0.4) is 0 Å². The van der Waals surface area contributed by atoms with E-state index in [1.54, 1.807) is 0 Å². The molecule has 0 atom stereocenters. The molecule has 0 spiro atoms. The summed E-state index contributed by atoms with van der Waals surface area (Å²) in [5, 5.41) is 3.15. The van der Waals surface area contributed by atoms with Gasteiger partial charge in [-0.25, -0.2) is 17.5 Å². The smallest absolute Gasteiger partial charge is 0.241 e. The zero-order valence-electron chi connectivity index (χ0n) is 12.6.